The van der Waals surface area contributed by atoms with Crippen LogP contribution in [0.5, 0.6) is 0 Å². The minimum absolute atomic E-state index is 0.218. The van der Waals surface area contributed by atoms with E-state index in [0.29, 0.717) is 25.9 Å². The van der Waals surface area contributed by atoms with Crippen molar-refractivity contribution in [2.75, 3.05) is 6.61 Å². The van der Waals surface area contributed by atoms with Crippen molar-refractivity contribution in [3.8, 4) is 0 Å². The van der Waals surface area contributed by atoms with E-state index >= 15 is 0 Å². The highest BCUT2D eigenvalue weighted by Gasteiger charge is 2.58. The molecule has 0 aliphatic rings. The lowest BCUT2D eigenvalue weighted by Crippen LogP contribution is -2.58. The average molecular weight is 391 g/mol. The predicted molar refractivity (Wildman–Crippen MR) is 113 cm³/mol. The van der Waals surface area contributed by atoms with E-state index in [0.717, 1.165) is 51.4 Å². The number of rotatable bonds is 16. The van der Waals surface area contributed by atoms with Crippen molar-refractivity contribution in [1.29, 1.82) is 0 Å². The number of ether oxygens (including phenoxy) is 1. The number of unbranched alkanes of at least 4 members (excludes halogenated alkanes) is 4. The molecule has 0 N–H and O–H groups in total. The van der Waals surface area contributed by atoms with Crippen LogP contribution in [0.3, 0.4) is 0 Å². The fourth-order valence-corrected chi connectivity index (χ4v) is 4.31. The highest BCUT2D eigenvalue weighted by Crippen LogP contribution is 2.49. The summed E-state index contributed by atoms with van der Waals surface area (Å²) in [5.74, 6) is 0. The summed E-state index contributed by atoms with van der Waals surface area (Å²) < 4.78 is 6.26. The van der Waals surface area contributed by atoms with Crippen molar-refractivity contribution in [1.82, 2.24) is 0 Å². The van der Waals surface area contributed by atoms with Gasteiger partial charge in [0.15, 0.2) is 5.12 Å². The van der Waals surface area contributed by atoms with Crippen LogP contribution >= 0.6 is 25.3 Å². The van der Waals surface area contributed by atoms with Crippen molar-refractivity contribution < 1.29 is 14.3 Å². The molecule has 0 radical (unpaired) electrons. The molecule has 3 nitrogen and oxygen atoms in total. The lowest BCUT2D eigenvalue weighted by molar-refractivity contribution is -0.171. The van der Waals surface area contributed by atoms with Crippen molar-refractivity contribution in [3.63, 3.8) is 0 Å². The Hall–Kier alpha value is -0.0000000000000000555. The lowest BCUT2D eigenvalue weighted by Gasteiger charge is -2.47. The molecule has 0 saturated carbocycles. The van der Waals surface area contributed by atoms with Crippen LogP contribution < -0.4 is 0 Å². The third-order valence-corrected chi connectivity index (χ3v) is 5.96. The Morgan fingerprint density at radius 1 is 0.720 bits per heavy atom. The molecule has 0 aliphatic heterocycles. The van der Waals surface area contributed by atoms with Gasteiger partial charge in [0.1, 0.15) is 5.60 Å². The summed E-state index contributed by atoms with van der Waals surface area (Å²) in [6, 6.07) is 0. The maximum atomic E-state index is 12.8. The first-order valence-electron chi connectivity index (χ1n) is 9.99. The maximum Gasteiger partial charge on any atom is 0.218 e. The van der Waals surface area contributed by atoms with Crippen molar-refractivity contribution >= 4 is 35.5 Å². The summed E-state index contributed by atoms with van der Waals surface area (Å²) in [7, 11) is 0. The molecule has 0 aromatic heterocycles. The second kappa shape index (κ2) is 13.2. The molecule has 0 aromatic carbocycles. The first kappa shape index (κ1) is 25.0. The molecule has 0 saturated heterocycles. The molecule has 0 aliphatic carbocycles. The van der Waals surface area contributed by atoms with E-state index in [1.54, 1.807) is 0 Å². The van der Waals surface area contributed by atoms with Gasteiger partial charge in [-0.25, -0.2) is 0 Å². The van der Waals surface area contributed by atoms with Crippen LogP contribution in [0, 0.1) is 5.41 Å². The van der Waals surface area contributed by atoms with E-state index in [4.69, 9.17) is 4.74 Å². The summed E-state index contributed by atoms with van der Waals surface area (Å²) in [6.07, 6.45) is 9.12. The Morgan fingerprint density at radius 3 is 1.52 bits per heavy atom. The number of thiol groups is 2. The molecule has 0 fully saturated rings. The second-order valence-corrected chi connectivity index (χ2v) is 7.84. The third kappa shape index (κ3) is 6.59. The topological polar surface area (TPSA) is 43.4 Å². The van der Waals surface area contributed by atoms with E-state index in [1.807, 2.05) is 0 Å². The minimum atomic E-state index is -1.16. The molecule has 0 aromatic rings. The molecule has 1 atom stereocenters. The van der Waals surface area contributed by atoms with Crippen LogP contribution in [0.2, 0.25) is 0 Å². The molecule has 0 heterocycles. The fraction of sp³-hybridized carbons (Fsp3) is 0.900. The standard InChI is InChI=1S/C20H38O3S2/c1-5-9-13-19(17(21)24,14-10-6-2)20(18(22)25,15-11-7-3)23-16-12-8-4/h5-16H2,1-4H3,(H,21,24)(H,22,25). The molecule has 0 rings (SSSR count). The number of carbonyl (C=O) groups is 2. The van der Waals surface area contributed by atoms with Gasteiger partial charge >= 0.3 is 0 Å². The quantitative estimate of drug-likeness (QED) is 0.250. The largest absolute Gasteiger partial charge is 0.365 e. The average Bonchev–Trinajstić information content (AvgIpc) is 2.58. The van der Waals surface area contributed by atoms with Gasteiger partial charge in [0, 0.05) is 6.61 Å². The molecule has 25 heavy (non-hydrogen) atoms. The van der Waals surface area contributed by atoms with Crippen molar-refractivity contribution in [3.05, 3.63) is 0 Å². The van der Waals surface area contributed by atoms with Crippen LogP contribution in [-0.2, 0) is 14.3 Å². The van der Waals surface area contributed by atoms with E-state index < -0.39 is 11.0 Å². The molecule has 0 spiro atoms. The van der Waals surface area contributed by atoms with Gasteiger partial charge in [-0.3, -0.25) is 9.59 Å². The molecule has 148 valence electrons. The summed E-state index contributed by atoms with van der Waals surface area (Å²) in [4.78, 5) is 25.6. The highest BCUT2D eigenvalue weighted by atomic mass is 32.1. The zero-order valence-electron chi connectivity index (χ0n) is 16.6. The molecule has 1 unspecified atom stereocenters. The Morgan fingerprint density at radius 2 is 1.16 bits per heavy atom. The molecular formula is C20H38O3S2. The second-order valence-electron chi connectivity index (χ2n) is 7.03. The van der Waals surface area contributed by atoms with E-state index in [9.17, 15) is 9.59 Å². The maximum absolute atomic E-state index is 12.8. The Labute approximate surface area is 165 Å². The summed E-state index contributed by atoms with van der Waals surface area (Å²) in [6.45, 7) is 8.85. The number of hydrogen-bond acceptors (Lipinski definition) is 3. The minimum Gasteiger partial charge on any atom is -0.365 e. The zero-order chi connectivity index (χ0) is 19.3. The first-order chi connectivity index (χ1) is 11.9. The predicted octanol–water partition coefficient (Wildman–Crippen LogP) is 6.01. The van der Waals surface area contributed by atoms with Crippen LogP contribution in [0.15, 0.2) is 0 Å². The lowest BCUT2D eigenvalue weighted by atomic mass is 9.64. The molecule has 0 bridgehead atoms. The zero-order valence-corrected chi connectivity index (χ0v) is 18.4. The number of hydrogen-bond donors (Lipinski definition) is 2. The van der Waals surface area contributed by atoms with Crippen LogP contribution in [-0.4, -0.2) is 22.4 Å². The van der Waals surface area contributed by atoms with Crippen LogP contribution in [0.4, 0.5) is 0 Å². The number of carbonyl (C=O) groups excluding carboxylic acids is 2. The fourth-order valence-electron chi connectivity index (χ4n) is 3.51. The summed E-state index contributed by atoms with van der Waals surface area (Å²) in [5, 5.41) is -0.531. The monoisotopic (exact) mass is 390 g/mol. The Bertz CT molecular complexity index is 390. The van der Waals surface area contributed by atoms with E-state index in [2.05, 4.69) is 53.0 Å². The van der Waals surface area contributed by atoms with Crippen LogP contribution in [0.1, 0.15) is 98.3 Å². The van der Waals surface area contributed by atoms with Gasteiger partial charge in [-0.05, 0) is 25.7 Å². The summed E-state index contributed by atoms with van der Waals surface area (Å²) in [5.41, 5.74) is -2.05. The Kier molecular flexibility index (Phi) is 13.2. The van der Waals surface area contributed by atoms with Gasteiger partial charge in [-0.2, -0.15) is 0 Å². The van der Waals surface area contributed by atoms with Gasteiger partial charge in [0.25, 0.3) is 0 Å². The first-order valence-corrected chi connectivity index (χ1v) is 10.9. The van der Waals surface area contributed by atoms with Gasteiger partial charge in [0.05, 0.1) is 5.41 Å². The van der Waals surface area contributed by atoms with Gasteiger partial charge in [-0.1, -0.05) is 72.6 Å². The van der Waals surface area contributed by atoms with E-state index in [1.165, 1.54) is 0 Å². The van der Waals surface area contributed by atoms with Crippen molar-refractivity contribution in [2.45, 2.75) is 104 Å². The smallest absolute Gasteiger partial charge is 0.218 e. The van der Waals surface area contributed by atoms with Crippen molar-refractivity contribution in [2.24, 2.45) is 5.41 Å². The van der Waals surface area contributed by atoms with Gasteiger partial charge < -0.3 is 4.74 Å². The third-order valence-electron chi connectivity index (χ3n) is 5.17. The van der Waals surface area contributed by atoms with E-state index in [-0.39, 0.29) is 10.2 Å². The van der Waals surface area contributed by atoms with Gasteiger partial charge in [-0.15, -0.1) is 25.3 Å². The SMILES string of the molecule is CCCCOC(CCCC)(C(=O)S)C(CCCC)(CCCC)C(=O)S. The summed E-state index contributed by atoms with van der Waals surface area (Å²) >= 11 is 8.51. The molecule has 0 amide bonds. The normalized spacial score (nSPS) is 14.3. The van der Waals surface area contributed by atoms with Gasteiger partial charge in [0.2, 0.25) is 5.12 Å². The molecule has 5 heteroatoms. The molecular weight excluding hydrogens is 352 g/mol. The van der Waals surface area contributed by atoms with Crippen LogP contribution in [0.25, 0.3) is 0 Å². The highest BCUT2D eigenvalue weighted by molar-refractivity contribution is 7.97. The Balaban J connectivity index is 6.11.